The summed E-state index contributed by atoms with van der Waals surface area (Å²) in [6, 6.07) is 8.01. The Morgan fingerprint density at radius 3 is 2.29 bits per heavy atom. The van der Waals surface area contributed by atoms with Gasteiger partial charge >= 0.3 is 5.97 Å². The number of rotatable bonds is 22. The number of nitrogens with zero attached hydrogens (tertiary/aromatic N) is 2. The topological polar surface area (TPSA) is 147 Å². The molecule has 0 unspecified atom stereocenters. The standard InChI is InChI=1S/C30H43ClN4O6/c1-3-4-10-27(37)41-20-18-39-16-15-38-17-19-40-25-13-11-23(12-14-25)8-6-5-7-9-24(32)21-26(36)28-30(33)34-22(2)29(31)35-28/h11-14,32H,3-10,15-21H2,1-2H3,(H2,33,34). The number of aromatic nitrogens is 2. The molecule has 0 aliphatic rings. The first-order valence-corrected chi connectivity index (χ1v) is 14.6. The maximum absolute atomic E-state index is 12.4. The quantitative estimate of drug-likeness (QED) is 0.0778. The van der Waals surface area contributed by atoms with Gasteiger partial charge in [-0.25, -0.2) is 9.97 Å². The molecule has 2 rings (SSSR count). The minimum Gasteiger partial charge on any atom is -0.491 e. The number of esters is 1. The molecule has 0 aliphatic carbocycles. The molecule has 0 radical (unpaired) electrons. The Morgan fingerprint density at radius 2 is 1.59 bits per heavy atom. The van der Waals surface area contributed by atoms with E-state index in [1.165, 1.54) is 5.56 Å². The minimum absolute atomic E-state index is 0.0313. The lowest BCUT2D eigenvalue weighted by molar-refractivity contribution is -0.145. The molecule has 2 aromatic rings. The molecule has 10 nitrogen and oxygen atoms in total. The van der Waals surface area contributed by atoms with Crippen LogP contribution >= 0.6 is 11.6 Å². The molecule has 0 saturated carbocycles. The van der Waals surface area contributed by atoms with Crippen molar-refractivity contribution in [2.45, 2.75) is 71.6 Å². The number of ketones is 1. The zero-order chi connectivity index (χ0) is 29.9. The van der Waals surface area contributed by atoms with E-state index in [2.05, 4.69) is 22.1 Å². The molecular weight excluding hydrogens is 548 g/mol. The lowest BCUT2D eigenvalue weighted by Crippen LogP contribution is -2.14. The van der Waals surface area contributed by atoms with Gasteiger partial charge in [0, 0.05) is 12.1 Å². The molecule has 226 valence electrons. The van der Waals surface area contributed by atoms with E-state index in [1.807, 2.05) is 19.1 Å². The van der Waals surface area contributed by atoms with Gasteiger partial charge in [-0.15, -0.1) is 0 Å². The number of hydrogen-bond acceptors (Lipinski definition) is 10. The average molecular weight is 591 g/mol. The summed E-state index contributed by atoms with van der Waals surface area (Å²) in [5, 5.41) is 8.28. The molecular formula is C30H43ClN4O6. The number of Topliss-reactive ketones (excluding diaryl/α,β-unsaturated/α-hetero) is 1. The SMILES string of the molecule is CCCCC(=O)OCCOCCOCCOc1ccc(CCCCCC(=N)CC(=O)c2nc(Cl)c(C)nc2N)cc1. The number of anilines is 1. The molecule has 0 bridgehead atoms. The molecule has 0 amide bonds. The van der Waals surface area contributed by atoms with Crippen molar-refractivity contribution in [1.29, 1.82) is 5.41 Å². The van der Waals surface area contributed by atoms with Gasteiger partial charge in [0.25, 0.3) is 0 Å². The van der Waals surface area contributed by atoms with Crippen molar-refractivity contribution in [3.05, 3.63) is 46.4 Å². The number of benzene rings is 1. The second-order valence-corrected chi connectivity index (χ2v) is 10.00. The van der Waals surface area contributed by atoms with Crippen molar-refractivity contribution in [3.8, 4) is 5.75 Å². The highest BCUT2D eigenvalue weighted by Gasteiger charge is 2.17. The van der Waals surface area contributed by atoms with Gasteiger partial charge < -0.3 is 30.1 Å². The third-order valence-corrected chi connectivity index (χ3v) is 6.50. The van der Waals surface area contributed by atoms with E-state index in [0.29, 0.717) is 57.3 Å². The van der Waals surface area contributed by atoms with Crippen LogP contribution in [0.3, 0.4) is 0 Å². The predicted molar refractivity (Wildman–Crippen MR) is 159 cm³/mol. The van der Waals surface area contributed by atoms with Gasteiger partial charge in [0.2, 0.25) is 0 Å². The van der Waals surface area contributed by atoms with Crippen molar-refractivity contribution in [3.63, 3.8) is 0 Å². The smallest absolute Gasteiger partial charge is 0.305 e. The van der Waals surface area contributed by atoms with Crippen LogP contribution in [-0.2, 0) is 25.4 Å². The zero-order valence-electron chi connectivity index (χ0n) is 24.2. The van der Waals surface area contributed by atoms with Crippen LogP contribution in [0, 0.1) is 12.3 Å². The summed E-state index contributed by atoms with van der Waals surface area (Å²) < 4.78 is 21.7. The van der Waals surface area contributed by atoms with Crippen molar-refractivity contribution >= 4 is 34.9 Å². The maximum Gasteiger partial charge on any atom is 0.305 e. The summed E-state index contributed by atoms with van der Waals surface area (Å²) >= 11 is 5.95. The molecule has 0 aliphatic heterocycles. The van der Waals surface area contributed by atoms with E-state index in [1.54, 1.807) is 6.92 Å². The Balaban J connectivity index is 1.48. The Bertz CT molecular complexity index is 1100. The molecule has 3 N–H and O–H groups in total. The first-order chi connectivity index (χ1) is 19.8. The molecule has 41 heavy (non-hydrogen) atoms. The predicted octanol–water partition coefficient (Wildman–Crippen LogP) is 5.56. The maximum atomic E-state index is 12.4. The van der Waals surface area contributed by atoms with Crippen LogP contribution < -0.4 is 10.5 Å². The van der Waals surface area contributed by atoms with Crippen LogP contribution in [-0.4, -0.2) is 67.1 Å². The van der Waals surface area contributed by atoms with Crippen molar-refractivity contribution in [1.82, 2.24) is 9.97 Å². The van der Waals surface area contributed by atoms with Crippen LogP contribution in [0.5, 0.6) is 5.75 Å². The van der Waals surface area contributed by atoms with Crippen LogP contribution in [0.25, 0.3) is 0 Å². The lowest BCUT2D eigenvalue weighted by atomic mass is 10.0. The largest absolute Gasteiger partial charge is 0.491 e. The Hall–Kier alpha value is -3.08. The number of carbonyl (C=O) groups excluding carboxylic acids is 2. The van der Waals surface area contributed by atoms with Gasteiger partial charge in [-0.05, 0) is 56.7 Å². The number of nitrogens with one attached hydrogen (secondary N) is 1. The highest BCUT2D eigenvalue weighted by atomic mass is 35.5. The highest BCUT2D eigenvalue weighted by Crippen LogP contribution is 2.18. The van der Waals surface area contributed by atoms with Crippen LogP contribution in [0.4, 0.5) is 5.82 Å². The lowest BCUT2D eigenvalue weighted by Gasteiger charge is -2.09. The number of ether oxygens (including phenoxy) is 4. The highest BCUT2D eigenvalue weighted by molar-refractivity contribution is 6.30. The van der Waals surface area contributed by atoms with E-state index in [9.17, 15) is 9.59 Å². The van der Waals surface area contributed by atoms with Gasteiger partial charge in [0.15, 0.2) is 22.4 Å². The molecule has 0 atom stereocenters. The third-order valence-electron chi connectivity index (χ3n) is 6.14. The molecule has 1 heterocycles. The normalized spacial score (nSPS) is 10.9. The number of halogens is 1. The number of nitrogens with two attached hydrogens (primary N) is 1. The van der Waals surface area contributed by atoms with Crippen molar-refractivity contribution < 1.29 is 28.5 Å². The van der Waals surface area contributed by atoms with E-state index < -0.39 is 0 Å². The monoisotopic (exact) mass is 590 g/mol. The summed E-state index contributed by atoms with van der Waals surface area (Å²) in [5.74, 6) is 0.326. The number of hydrogen-bond donors (Lipinski definition) is 2. The summed E-state index contributed by atoms with van der Waals surface area (Å²) in [5.41, 5.74) is 7.87. The molecule has 1 aromatic heterocycles. The van der Waals surface area contributed by atoms with Gasteiger partial charge in [-0.1, -0.05) is 43.5 Å². The van der Waals surface area contributed by atoms with E-state index in [4.69, 9.17) is 41.7 Å². The fourth-order valence-corrected chi connectivity index (χ4v) is 3.96. The Morgan fingerprint density at radius 1 is 0.902 bits per heavy atom. The number of aryl methyl sites for hydroxylation is 2. The van der Waals surface area contributed by atoms with E-state index >= 15 is 0 Å². The van der Waals surface area contributed by atoms with Gasteiger partial charge in [-0.3, -0.25) is 9.59 Å². The van der Waals surface area contributed by atoms with Crippen molar-refractivity contribution in [2.24, 2.45) is 0 Å². The van der Waals surface area contributed by atoms with Gasteiger partial charge in [-0.2, -0.15) is 0 Å². The first-order valence-electron chi connectivity index (χ1n) is 14.2. The molecule has 11 heteroatoms. The summed E-state index contributed by atoms with van der Waals surface area (Å²) in [7, 11) is 0. The van der Waals surface area contributed by atoms with Crippen LogP contribution in [0.1, 0.15) is 80.0 Å². The van der Waals surface area contributed by atoms with Crippen LogP contribution in [0.2, 0.25) is 5.15 Å². The number of nitrogen functional groups attached to an aromatic ring is 1. The van der Waals surface area contributed by atoms with Gasteiger partial charge in [0.1, 0.15) is 19.0 Å². The minimum atomic E-state index is -0.334. The van der Waals surface area contributed by atoms with Crippen molar-refractivity contribution in [2.75, 3.05) is 45.4 Å². The second kappa shape index (κ2) is 19.9. The Kier molecular flexibility index (Phi) is 16.6. The van der Waals surface area contributed by atoms with Gasteiger partial charge in [0.05, 0.1) is 38.5 Å². The molecule has 0 spiro atoms. The zero-order valence-corrected chi connectivity index (χ0v) is 25.0. The molecule has 1 aromatic carbocycles. The average Bonchev–Trinajstić information content (AvgIpc) is 2.95. The summed E-state index contributed by atoms with van der Waals surface area (Å²) in [6.07, 6.45) is 6.51. The first kappa shape index (κ1) is 34.1. The fourth-order valence-electron chi connectivity index (χ4n) is 3.83. The molecule has 0 fully saturated rings. The summed E-state index contributed by atoms with van der Waals surface area (Å²) in [4.78, 5) is 31.9. The summed E-state index contributed by atoms with van der Waals surface area (Å²) in [6.45, 7) is 6.13. The fraction of sp³-hybridized carbons (Fsp3) is 0.567. The second-order valence-electron chi connectivity index (χ2n) is 9.64. The third kappa shape index (κ3) is 14.4. The molecule has 0 saturated heterocycles. The number of carbonyl (C=O) groups is 2. The van der Waals surface area contributed by atoms with Crippen LogP contribution in [0.15, 0.2) is 24.3 Å². The van der Waals surface area contributed by atoms with E-state index in [0.717, 1.165) is 44.3 Å². The van der Waals surface area contributed by atoms with E-state index in [-0.39, 0.29) is 41.4 Å². The number of unbranched alkanes of at least 4 members (excludes halogenated alkanes) is 3. The Labute approximate surface area is 247 Å².